The molecular formula is C23H27Cl2N3O. The lowest BCUT2D eigenvalue weighted by Crippen LogP contribution is -2.35. The predicted octanol–water partition coefficient (Wildman–Crippen LogP) is 6.05. The van der Waals surface area contributed by atoms with Gasteiger partial charge in [0.05, 0.1) is 11.0 Å². The van der Waals surface area contributed by atoms with Gasteiger partial charge in [0.1, 0.15) is 11.9 Å². The van der Waals surface area contributed by atoms with Gasteiger partial charge in [-0.1, -0.05) is 68.6 Å². The van der Waals surface area contributed by atoms with Crippen molar-refractivity contribution >= 4 is 40.1 Å². The topological polar surface area (TPSA) is 46.9 Å². The van der Waals surface area contributed by atoms with Crippen molar-refractivity contribution in [1.29, 1.82) is 0 Å². The van der Waals surface area contributed by atoms with Crippen LogP contribution in [0.1, 0.15) is 51.0 Å². The number of imidazole rings is 1. The molecule has 0 fully saturated rings. The molecular weight excluding hydrogens is 405 g/mol. The van der Waals surface area contributed by atoms with Crippen LogP contribution in [0.15, 0.2) is 42.5 Å². The Hall–Kier alpha value is -2.04. The second-order valence-corrected chi connectivity index (χ2v) is 8.59. The lowest BCUT2D eigenvalue weighted by molar-refractivity contribution is -0.124. The van der Waals surface area contributed by atoms with Crippen molar-refractivity contribution in [1.82, 2.24) is 14.9 Å². The van der Waals surface area contributed by atoms with Crippen LogP contribution in [-0.2, 0) is 11.2 Å². The summed E-state index contributed by atoms with van der Waals surface area (Å²) in [5.41, 5.74) is 2.78. The van der Waals surface area contributed by atoms with Gasteiger partial charge in [0.2, 0.25) is 5.91 Å². The van der Waals surface area contributed by atoms with Gasteiger partial charge in [-0.3, -0.25) is 4.79 Å². The first-order valence-electron chi connectivity index (χ1n) is 10.1. The monoisotopic (exact) mass is 431 g/mol. The molecule has 6 heteroatoms. The molecule has 1 atom stereocenters. The summed E-state index contributed by atoms with van der Waals surface area (Å²) in [6.45, 7) is 6.94. The summed E-state index contributed by atoms with van der Waals surface area (Å²) in [4.78, 5) is 17.9. The normalized spacial score (nSPS) is 12.5. The first-order valence-corrected chi connectivity index (χ1v) is 10.8. The number of carbonyl (C=O) groups excluding carboxylic acids is 1. The van der Waals surface area contributed by atoms with Crippen LogP contribution in [-0.4, -0.2) is 22.0 Å². The molecule has 0 aliphatic rings. The maximum atomic E-state index is 13.1. The minimum atomic E-state index is -0.313. The zero-order valence-corrected chi connectivity index (χ0v) is 18.6. The average molecular weight is 432 g/mol. The Labute approximate surface area is 182 Å². The first-order chi connectivity index (χ1) is 13.9. The highest BCUT2D eigenvalue weighted by molar-refractivity contribution is 6.35. The number of para-hydroxylation sites is 2. The standard InChI is InChI=1S/C23H27Cl2N3O/c1-4-7-21(23(29)26-14-15(2)3)28-20-9-6-5-8-19(20)27-22(28)12-16-10-11-17(24)13-18(16)25/h5-6,8-11,13,15,21H,4,7,12,14H2,1-3H3,(H,26,29)/t21-/m0/s1. The number of hydrogen-bond acceptors (Lipinski definition) is 2. The number of aromatic nitrogens is 2. The summed E-state index contributed by atoms with van der Waals surface area (Å²) in [5, 5.41) is 4.30. The third kappa shape index (κ3) is 5.12. The van der Waals surface area contributed by atoms with Crippen LogP contribution in [0.2, 0.25) is 10.0 Å². The molecule has 29 heavy (non-hydrogen) atoms. The molecule has 0 saturated carbocycles. The van der Waals surface area contributed by atoms with Crippen LogP contribution in [0, 0.1) is 5.92 Å². The molecule has 0 saturated heterocycles. The van der Waals surface area contributed by atoms with Gasteiger partial charge in [0, 0.05) is 23.0 Å². The number of nitrogens with one attached hydrogen (secondary N) is 1. The van der Waals surface area contributed by atoms with E-state index in [4.69, 9.17) is 28.2 Å². The fraction of sp³-hybridized carbons (Fsp3) is 0.391. The zero-order valence-electron chi connectivity index (χ0n) is 17.1. The molecule has 0 radical (unpaired) electrons. The van der Waals surface area contributed by atoms with Crippen LogP contribution in [0.3, 0.4) is 0 Å². The van der Waals surface area contributed by atoms with Gasteiger partial charge in [0.25, 0.3) is 0 Å². The van der Waals surface area contributed by atoms with Crippen molar-refractivity contribution in [3.05, 3.63) is 63.9 Å². The van der Waals surface area contributed by atoms with Crippen LogP contribution in [0.25, 0.3) is 11.0 Å². The van der Waals surface area contributed by atoms with Crippen molar-refractivity contribution in [2.24, 2.45) is 5.92 Å². The Kier molecular flexibility index (Phi) is 7.20. The van der Waals surface area contributed by atoms with E-state index in [-0.39, 0.29) is 11.9 Å². The van der Waals surface area contributed by atoms with E-state index >= 15 is 0 Å². The largest absolute Gasteiger partial charge is 0.354 e. The molecule has 0 unspecified atom stereocenters. The summed E-state index contributed by atoms with van der Waals surface area (Å²) in [7, 11) is 0. The quantitative estimate of drug-likeness (QED) is 0.471. The Morgan fingerprint density at radius 1 is 1.17 bits per heavy atom. The number of hydrogen-bond donors (Lipinski definition) is 1. The Balaban J connectivity index is 2.05. The van der Waals surface area contributed by atoms with E-state index in [1.165, 1.54) is 0 Å². The minimum Gasteiger partial charge on any atom is -0.354 e. The van der Waals surface area contributed by atoms with Gasteiger partial charge in [-0.2, -0.15) is 0 Å². The smallest absolute Gasteiger partial charge is 0.243 e. The molecule has 1 heterocycles. The zero-order chi connectivity index (χ0) is 21.0. The van der Waals surface area contributed by atoms with E-state index in [1.807, 2.05) is 36.4 Å². The van der Waals surface area contributed by atoms with E-state index in [9.17, 15) is 4.79 Å². The van der Waals surface area contributed by atoms with Crippen LogP contribution in [0.5, 0.6) is 0 Å². The van der Waals surface area contributed by atoms with Gasteiger partial charge in [-0.15, -0.1) is 0 Å². The van der Waals surface area contributed by atoms with E-state index in [2.05, 4.69) is 30.7 Å². The minimum absolute atomic E-state index is 0.0344. The summed E-state index contributed by atoms with van der Waals surface area (Å²) in [5.74, 6) is 1.26. The molecule has 1 amide bonds. The molecule has 0 bridgehead atoms. The van der Waals surface area contributed by atoms with E-state index in [1.54, 1.807) is 6.07 Å². The first kappa shape index (κ1) is 21.7. The number of fused-ring (bicyclic) bond motifs is 1. The maximum Gasteiger partial charge on any atom is 0.243 e. The molecule has 0 aliphatic carbocycles. The summed E-state index contributed by atoms with van der Waals surface area (Å²) < 4.78 is 2.08. The van der Waals surface area contributed by atoms with Gasteiger partial charge < -0.3 is 9.88 Å². The highest BCUT2D eigenvalue weighted by Crippen LogP contribution is 2.29. The lowest BCUT2D eigenvalue weighted by atomic mass is 10.1. The fourth-order valence-corrected chi connectivity index (χ4v) is 3.95. The SMILES string of the molecule is CCC[C@@H](C(=O)NCC(C)C)n1c(Cc2ccc(Cl)cc2Cl)nc2ccccc21. The molecule has 2 aromatic carbocycles. The molecule has 4 nitrogen and oxygen atoms in total. The molecule has 3 aromatic rings. The van der Waals surface area contributed by atoms with Crippen molar-refractivity contribution in [2.45, 2.75) is 46.1 Å². The van der Waals surface area contributed by atoms with Crippen LogP contribution in [0.4, 0.5) is 0 Å². The molecule has 0 spiro atoms. The van der Waals surface area contributed by atoms with Crippen LogP contribution < -0.4 is 5.32 Å². The van der Waals surface area contributed by atoms with Crippen molar-refractivity contribution in [3.63, 3.8) is 0 Å². The third-order valence-corrected chi connectivity index (χ3v) is 5.48. The number of nitrogens with zero attached hydrogens (tertiary/aromatic N) is 2. The van der Waals surface area contributed by atoms with E-state index < -0.39 is 0 Å². The van der Waals surface area contributed by atoms with E-state index in [0.717, 1.165) is 35.3 Å². The third-order valence-electron chi connectivity index (χ3n) is 4.89. The van der Waals surface area contributed by atoms with Gasteiger partial charge >= 0.3 is 0 Å². The summed E-state index contributed by atoms with van der Waals surface area (Å²) in [6, 6.07) is 13.1. The Bertz CT molecular complexity index is 997. The number of amides is 1. The molecule has 154 valence electrons. The van der Waals surface area contributed by atoms with Crippen molar-refractivity contribution in [2.75, 3.05) is 6.54 Å². The predicted molar refractivity (Wildman–Crippen MR) is 121 cm³/mol. The number of benzene rings is 2. The fourth-order valence-electron chi connectivity index (χ4n) is 3.48. The average Bonchev–Trinajstić information content (AvgIpc) is 3.04. The molecule has 1 aromatic heterocycles. The van der Waals surface area contributed by atoms with Crippen molar-refractivity contribution < 1.29 is 4.79 Å². The Morgan fingerprint density at radius 3 is 2.62 bits per heavy atom. The summed E-state index contributed by atoms with van der Waals surface area (Å²) >= 11 is 12.5. The highest BCUT2D eigenvalue weighted by Gasteiger charge is 2.25. The second-order valence-electron chi connectivity index (χ2n) is 7.74. The lowest BCUT2D eigenvalue weighted by Gasteiger charge is -2.22. The highest BCUT2D eigenvalue weighted by atomic mass is 35.5. The number of halogens is 2. The second kappa shape index (κ2) is 9.64. The van der Waals surface area contributed by atoms with Crippen molar-refractivity contribution in [3.8, 4) is 0 Å². The Morgan fingerprint density at radius 2 is 1.93 bits per heavy atom. The molecule has 3 rings (SSSR count). The maximum absolute atomic E-state index is 13.1. The molecule has 1 N–H and O–H groups in total. The number of carbonyl (C=O) groups is 1. The van der Waals surface area contributed by atoms with E-state index in [0.29, 0.717) is 28.9 Å². The summed E-state index contributed by atoms with van der Waals surface area (Å²) in [6.07, 6.45) is 2.17. The van der Waals surface area contributed by atoms with Gasteiger partial charge in [-0.05, 0) is 42.2 Å². The van der Waals surface area contributed by atoms with Gasteiger partial charge in [-0.25, -0.2) is 4.98 Å². The molecule has 0 aliphatic heterocycles. The number of rotatable bonds is 8. The van der Waals surface area contributed by atoms with Crippen LogP contribution >= 0.6 is 23.2 Å². The van der Waals surface area contributed by atoms with Gasteiger partial charge in [0.15, 0.2) is 0 Å².